The van der Waals surface area contributed by atoms with Gasteiger partial charge in [0.2, 0.25) is 0 Å². The van der Waals surface area contributed by atoms with Crippen molar-refractivity contribution in [2.75, 3.05) is 0 Å². The summed E-state index contributed by atoms with van der Waals surface area (Å²) in [5.74, 6) is 6.14. The second-order valence-corrected chi connectivity index (χ2v) is 6.06. The molecule has 1 aromatic carbocycles. The van der Waals surface area contributed by atoms with Crippen LogP contribution in [-0.2, 0) is 4.74 Å². The van der Waals surface area contributed by atoms with Gasteiger partial charge in [-0.15, -0.1) is 5.92 Å². The molecule has 128 valence electrons. The molecule has 0 bridgehead atoms. The van der Waals surface area contributed by atoms with Gasteiger partial charge in [-0.3, -0.25) is 10.1 Å². The van der Waals surface area contributed by atoms with E-state index < -0.39 is 10.9 Å². The van der Waals surface area contributed by atoms with Gasteiger partial charge in [-0.2, -0.15) is 0 Å². The highest BCUT2D eigenvalue weighted by atomic mass is 16.6. The van der Waals surface area contributed by atoms with E-state index in [-0.39, 0.29) is 17.7 Å². The highest BCUT2D eigenvalue weighted by Gasteiger charge is 2.27. The summed E-state index contributed by atoms with van der Waals surface area (Å²) in [6.45, 7) is 2.14. The molecule has 0 aliphatic heterocycles. The van der Waals surface area contributed by atoms with Crippen molar-refractivity contribution in [1.82, 2.24) is 0 Å². The third-order valence-electron chi connectivity index (χ3n) is 4.22. The van der Waals surface area contributed by atoms with Crippen LogP contribution in [0.25, 0.3) is 0 Å². The van der Waals surface area contributed by atoms with Crippen molar-refractivity contribution >= 4 is 11.7 Å². The molecule has 5 heteroatoms. The van der Waals surface area contributed by atoms with Crippen LogP contribution in [0.5, 0.6) is 0 Å². The van der Waals surface area contributed by atoms with Crippen molar-refractivity contribution in [3.05, 3.63) is 39.9 Å². The summed E-state index contributed by atoms with van der Waals surface area (Å²) in [7, 11) is 0. The van der Waals surface area contributed by atoms with Crippen LogP contribution in [0.4, 0.5) is 5.69 Å². The Balaban J connectivity index is 1.99. The first kappa shape index (κ1) is 18.0. The van der Waals surface area contributed by atoms with E-state index in [0.717, 1.165) is 44.9 Å². The minimum Gasteiger partial charge on any atom is -0.457 e. The molecule has 0 saturated heterocycles. The van der Waals surface area contributed by atoms with Gasteiger partial charge in [-0.25, -0.2) is 4.79 Å². The van der Waals surface area contributed by atoms with Gasteiger partial charge in [-0.05, 0) is 37.8 Å². The molecule has 1 saturated carbocycles. The first-order valence-corrected chi connectivity index (χ1v) is 8.55. The van der Waals surface area contributed by atoms with Crippen molar-refractivity contribution in [2.45, 2.75) is 58.0 Å². The van der Waals surface area contributed by atoms with Gasteiger partial charge in [0.25, 0.3) is 5.69 Å². The molecule has 0 radical (unpaired) electrons. The number of hydrogen-bond donors (Lipinski definition) is 0. The molecule has 1 aromatic rings. The third-order valence-corrected chi connectivity index (χ3v) is 4.22. The molecule has 0 unspecified atom stereocenters. The van der Waals surface area contributed by atoms with Crippen molar-refractivity contribution in [2.24, 2.45) is 5.92 Å². The minimum absolute atomic E-state index is 0.0381. The Hall–Kier alpha value is -2.35. The number of rotatable bonds is 5. The Labute approximate surface area is 142 Å². The zero-order chi connectivity index (χ0) is 17.4. The number of nitro groups is 1. The molecule has 0 N–H and O–H groups in total. The van der Waals surface area contributed by atoms with Gasteiger partial charge >= 0.3 is 5.97 Å². The summed E-state index contributed by atoms with van der Waals surface area (Å²) in [6.07, 6.45) is 6.84. The van der Waals surface area contributed by atoms with Gasteiger partial charge in [-0.1, -0.05) is 25.7 Å². The second kappa shape index (κ2) is 9.07. The Morgan fingerprint density at radius 3 is 2.67 bits per heavy atom. The van der Waals surface area contributed by atoms with E-state index in [2.05, 4.69) is 18.8 Å². The second-order valence-electron chi connectivity index (χ2n) is 6.06. The average molecular weight is 329 g/mol. The summed E-state index contributed by atoms with van der Waals surface area (Å²) in [4.78, 5) is 22.5. The smallest absolute Gasteiger partial charge is 0.338 e. The molecule has 1 aliphatic rings. The van der Waals surface area contributed by atoms with Crippen LogP contribution in [0, 0.1) is 27.9 Å². The van der Waals surface area contributed by atoms with Crippen LogP contribution in [0.2, 0.25) is 0 Å². The number of hydrogen-bond acceptors (Lipinski definition) is 4. The van der Waals surface area contributed by atoms with Crippen molar-refractivity contribution < 1.29 is 14.5 Å². The van der Waals surface area contributed by atoms with Gasteiger partial charge in [0.15, 0.2) is 0 Å². The molecule has 24 heavy (non-hydrogen) atoms. The number of carbonyl (C=O) groups is 1. The lowest BCUT2D eigenvalue weighted by atomic mass is 9.86. The Morgan fingerprint density at radius 2 is 2.00 bits per heavy atom. The van der Waals surface area contributed by atoms with Crippen molar-refractivity contribution in [1.29, 1.82) is 0 Å². The first-order valence-electron chi connectivity index (χ1n) is 8.55. The summed E-state index contributed by atoms with van der Waals surface area (Å²) in [6, 6.07) is 5.51. The molecule has 1 fully saturated rings. The van der Waals surface area contributed by atoms with Gasteiger partial charge < -0.3 is 4.74 Å². The Kier molecular flexibility index (Phi) is 6.80. The number of carbonyl (C=O) groups excluding carboxylic acids is 1. The molecule has 0 heterocycles. The zero-order valence-electron chi connectivity index (χ0n) is 14.0. The van der Waals surface area contributed by atoms with Crippen LogP contribution in [0.3, 0.4) is 0 Å². The summed E-state index contributed by atoms with van der Waals surface area (Å²) < 4.78 is 5.64. The molecule has 5 nitrogen and oxygen atoms in total. The van der Waals surface area contributed by atoms with Crippen molar-refractivity contribution in [3.63, 3.8) is 0 Å². The molecule has 0 aromatic heterocycles. The Bertz CT molecular complexity index is 627. The predicted molar refractivity (Wildman–Crippen MR) is 91.6 cm³/mol. The summed E-state index contributed by atoms with van der Waals surface area (Å²) in [5, 5.41) is 10.7. The van der Waals surface area contributed by atoms with E-state index in [1.165, 1.54) is 24.3 Å². The highest BCUT2D eigenvalue weighted by Crippen LogP contribution is 2.27. The topological polar surface area (TPSA) is 69.4 Å². The van der Waals surface area contributed by atoms with E-state index in [1.54, 1.807) is 0 Å². The number of ether oxygens (including phenoxy) is 1. The van der Waals surface area contributed by atoms with Crippen LogP contribution >= 0.6 is 0 Å². The Morgan fingerprint density at radius 1 is 1.29 bits per heavy atom. The van der Waals surface area contributed by atoms with Gasteiger partial charge in [0.05, 0.1) is 16.4 Å². The van der Waals surface area contributed by atoms with Crippen LogP contribution < -0.4 is 0 Å². The predicted octanol–water partition coefficient (Wildman–Crippen LogP) is 4.50. The fourth-order valence-corrected chi connectivity index (χ4v) is 2.80. The van der Waals surface area contributed by atoms with Crippen molar-refractivity contribution in [3.8, 4) is 11.8 Å². The van der Waals surface area contributed by atoms with Gasteiger partial charge in [0.1, 0.15) is 6.10 Å². The molecule has 2 rings (SSSR count). The molecule has 0 amide bonds. The average Bonchev–Trinajstić information content (AvgIpc) is 2.60. The number of benzene rings is 1. The minimum atomic E-state index is -0.488. The fraction of sp³-hybridized carbons (Fsp3) is 0.526. The summed E-state index contributed by atoms with van der Waals surface area (Å²) in [5.41, 5.74) is 0.299. The largest absolute Gasteiger partial charge is 0.457 e. The summed E-state index contributed by atoms with van der Waals surface area (Å²) >= 11 is 0. The maximum atomic E-state index is 12.3. The first-order chi connectivity index (χ1) is 11.6. The number of nitrogens with zero attached hydrogens (tertiary/aromatic N) is 1. The zero-order valence-corrected chi connectivity index (χ0v) is 14.0. The fourth-order valence-electron chi connectivity index (χ4n) is 2.80. The highest BCUT2D eigenvalue weighted by molar-refractivity contribution is 5.89. The van der Waals surface area contributed by atoms with E-state index in [4.69, 9.17) is 4.74 Å². The quantitative estimate of drug-likeness (QED) is 0.262. The van der Waals surface area contributed by atoms with Crippen LogP contribution in [0.1, 0.15) is 62.2 Å². The van der Waals surface area contributed by atoms with E-state index in [1.807, 2.05) is 0 Å². The monoisotopic (exact) mass is 329 g/mol. The van der Waals surface area contributed by atoms with E-state index >= 15 is 0 Å². The number of nitro benzene ring substituents is 1. The number of unbranched alkanes of at least 4 members (excludes halogenated alkanes) is 2. The number of non-ortho nitro benzene ring substituents is 1. The molecular formula is C19H23NO4. The van der Waals surface area contributed by atoms with Crippen LogP contribution in [0.15, 0.2) is 24.3 Å². The van der Waals surface area contributed by atoms with Gasteiger partial charge in [0, 0.05) is 18.6 Å². The standard InChI is InChI=1S/C19H23NO4/c1-2-3-4-5-8-15-9-6-7-10-18(15)24-19(21)16-11-13-17(14-12-16)20(22)23/h11-15,18H,2-4,6-7,9-10H2,1H3/t15-,18+/m0/s1. The molecular weight excluding hydrogens is 306 g/mol. The van der Waals surface area contributed by atoms with Crippen LogP contribution in [-0.4, -0.2) is 17.0 Å². The normalized spacial score (nSPS) is 19.9. The SMILES string of the molecule is CCCCC#C[C@H]1CCCC[C@H]1OC(=O)c1ccc([N+](=O)[O-])cc1. The van der Waals surface area contributed by atoms with E-state index in [0.29, 0.717) is 5.56 Å². The maximum absolute atomic E-state index is 12.3. The lowest BCUT2D eigenvalue weighted by molar-refractivity contribution is -0.384. The molecule has 0 spiro atoms. The maximum Gasteiger partial charge on any atom is 0.338 e. The third kappa shape index (κ3) is 5.09. The molecule has 1 aliphatic carbocycles. The lowest BCUT2D eigenvalue weighted by Crippen LogP contribution is -2.29. The van der Waals surface area contributed by atoms with E-state index in [9.17, 15) is 14.9 Å². The number of esters is 1. The lowest BCUT2D eigenvalue weighted by Gasteiger charge is -2.27. The molecule has 2 atom stereocenters.